The molecule has 4 heterocycles. The molecule has 1 aliphatic carbocycles. The lowest BCUT2D eigenvalue weighted by atomic mass is 9.86. The number of rotatable bonds is 4. The average Bonchev–Trinajstić information content (AvgIpc) is 3.88. The van der Waals surface area contributed by atoms with E-state index in [4.69, 9.17) is 15.0 Å². The first kappa shape index (κ1) is 29.7. The van der Waals surface area contributed by atoms with Gasteiger partial charge in [0.1, 0.15) is 0 Å². The number of fused-ring (bicyclic) bond motifs is 10. The van der Waals surface area contributed by atoms with Crippen molar-refractivity contribution < 1.29 is 0 Å². The minimum absolute atomic E-state index is 0.389. The van der Waals surface area contributed by atoms with Crippen molar-refractivity contribution in [1.29, 1.82) is 0 Å². The van der Waals surface area contributed by atoms with E-state index in [1.165, 1.54) is 68.5 Å². The molecular weight excluding hydrogens is 673 g/mol. The van der Waals surface area contributed by atoms with Crippen molar-refractivity contribution in [3.63, 3.8) is 0 Å². The molecule has 1 aliphatic rings. The molecule has 0 fully saturated rings. The van der Waals surface area contributed by atoms with Gasteiger partial charge in [-0.2, -0.15) is 0 Å². The number of hydrogen-bond donors (Lipinski definition) is 0. The molecule has 0 saturated heterocycles. The third kappa shape index (κ3) is 4.48. The van der Waals surface area contributed by atoms with E-state index in [0.29, 0.717) is 23.4 Å². The Kier molecular flexibility index (Phi) is 6.60. The van der Waals surface area contributed by atoms with Crippen molar-refractivity contribution in [2.45, 2.75) is 19.3 Å². The molecule has 6 aromatic carbocycles. The maximum absolute atomic E-state index is 5.17. The van der Waals surface area contributed by atoms with E-state index in [0.717, 1.165) is 23.1 Å². The Balaban J connectivity index is 1.14. The molecule has 11 rings (SSSR count). The molecule has 52 heavy (non-hydrogen) atoms. The summed E-state index contributed by atoms with van der Waals surface area (Å²) in [5, 5.41) is 5.16. The van der Waals surface area contributed by atoms with Gasteiger partial charge in [-0.3, -0.25) is 0 Å². The summed E-state index contributed by atoms with van der Waals surface area (Å²) in [6.07, 6.45) is 1.02. The highest BCUT2D eigenvalue weighted by molar-refractivity contribution is 7.24. The predicted molar refractivity (Wildman–Crippen MR) is 219 cm³/mol. The molecule has 4 aromatic heterocycles. The van der Waals surface area contributed by atoms with Crippen LogP contribution in [-0.2, 0) is 6.42 Å². The van der Waals surface area contributed by atoms with Crippen LogP contribution in [0.2, 0.25) is 0 Å². The van der Waals surface area contributed by atoms with Crippen LogP contribution in [0.3, 0.4) is 0 Å². The van der Waals surface area contributed by atoms with Crippen LogP contribution < -0.4 is 0 Å². The molecule has 0 radical (unpaired) electrons. The summed E-state index contributed by atoms with van der Waals surface area (Å²) in [6, 6.07) is 51.7. The van der Waals surface area contributed by atoms with Crippen LogP contribution in [0, 0.1) is 0 Å². The van der Waals surface area contributed by atoms with Gasteiger partial charge in [-0.15, -0.1) is 22.7 Å². The number of hydrogen-bond acceptors (Lipinski definition) is 5. The lowest BCUT2D eigenvalue weighted by molar-refractivity contribution is 0.773. The fourth-order valence-corrected chi connectivity index (χ4v) is 10.8. The molecule has 10 aromatic rings. The van der Waals surface area contributed by atoms with Crippen LogP contribution >= 0.6 is 22.7 Å². The van der Waals surface area contributed by atoms with E-state index in [9.17, 15) is 0 Å². The van der Waals surface area contributed by atoms with Crippen LogP contribution in [0.4, 0.5) is 0 Å². The minimum Gasteiger partial charge on any atom is -0.309 e. The fraction of sp³-hybridized carbons (Fsp3) is 0.0652. The number of benzene rings is 6. The monoisotopic (exact) mass is 702 g/mol. The first-order valence-corrected chi connectivity index (χ1v) is 19.3. The topological polar surface area (TPSA) is 43.6 Å². The summed E-state index contributed by atoms with van der Waals surface area (Å²) in [5.74, 6) is 2.45. The summed E-state index contributed by atoms with van der Waals surface area (Å²) in [6.45, 7) is 2.39. The molecule has 0 saturated carbocycles. The van der Waals surface area contributed by atoms with Gasteiger partial charge in [0.05, 0.1) is 11.0 Å². The van der Waals surface area contributed by atoms with Crippen LogP contribution in [-0.4, -0.2) is 19.5 Å². The SMILES string of the molecule is CC1Cc2c(sc3ccc(-n4c5ccccc5c5ccccc54)cc23)-c2c1sc1cccc(-c3nc(-c4ccccc4)nc(-c4ccccc4)n3)c21. The van der Waals surface area contributed by atoms with Gasteiger partial charge in [-0.25, -0.2) is 15.0 Å². The van der Waals surface area contributed by atoms with E-state index >= 15 is 0 Å². The Morgan fingerprint density at radius 1 is 0.558 bits per heavy atom. The van der Waals surface area contributed by atoms with Gasteiger partial charge in [-0.1, -0.05) is 116 Å². The molecule has 6 heteroatoms. The van der Waals surface area contributed by atoms with Gasteiger partial charge in [0.2, 0.25) is 0 Å². The molecule has 0 aliphatic heterocycles. The Labute approximate surface area is 308 Å². The molecular formula is C46H30N4S2. The van der Waals surface area contributed by atoms with E-state index in [1.54, 1.807) is 0 Å². The van der Waals surface area contributed by atoms with Crippen LogP contribution in [0.1, 0.15) is 23.3 Å². The standard InChI is InChI=1S/C46H30N4S2/c1-27-25-35-34-26-30(50-36-20-10-8-17-31(36)32-18-9-11-21-37(32)50)23-24-38(34)51-43(35)41-40-33(19-12-22-39(40)52-42(27)41)46-48-44(28-13-4-2-5-14-28)47-45(49-46)29-15-6-3-7-16-29/h2-24,26-27H,25H2,1H3. The third-order valence-corrected chi connectivity index (χ3v) is 13.1. The van der Waals surface area contributed by atoms with Gasteiger partial charge in [-0.05, 0) is 59.7 Å². The van der Waals surface area contributed by atoms with Gasteiger partial charge >= 0.3 is 0 Å². The Morgan fingerprint density at radius 2 is 1.17 bits per heavy atom. The predicted octanol–water partition coefficient (Wildman–Crippen LogP) is 12.7. The first-order chi connectivity index (χ1) is 25.7. The first-order valence-electron chi connectivity index (χ1n) is 17.7. The highest BCUT2D eigenvalue weighted by atomic mass is 32.1. The molecule has 0 N–H and O–H groups in total. The number of para-hydroxylation sites is 2. The number of nitrogens with zero attached hydrogens (tertiary/aromatic N) is 4. The fourth-order valence-electron chi connectivity index (χ4n) is 8.13. The molecule has 1 atom stereocenters. The largest absolute Gasteiger partial charge is 0.309 e. The second-order valence-electron chi connectivity index (χ2n) is 13.6. The lowest BCUT2D eigenvalue weighted by Gasteiger charge is -2.20. The van der Waals surface area contributed by atoms with Gasteiger partial charge in [0.15, 0.2) is 17.5 Å². The van der Waals surface area contributed by atoms with Gasteiger partial charge < -0.3 is 4.57 Å². The molecule has 0 amide bonds. The summed E-state index contributed by atoms with van der Waals surface area (Å²) in [7, 11) is 0. The van der Waals surface area contributed by atoms with Crippen molar-refractivity contribution in [1.82, 2.24) is 19.5 Å². The summed E-state index contributed by atoms with van der Waals surface area (Å²) < 4.78 is 5.03. The molecule has 246 valence electrons. The summed E-state index contributed by atoms with van der Waals surface area (Å²) in [4.78, 5) is 18.1. The van der Waals surface area contributed by atoms with Crippen molar-refractivity contribution in [2.24, 2.45) is 0 Å². The van der Waals surface area contributed by atoms with Gasteiger partial charge in [0.25, 0.3) is 0 Å². The molecule has 0 bridgehead atoms. The van der Waals surface area contributed by atoms with Gasteiger partial charge in [0, 0.05) is 63.3 Å². The van der Waals surface area contributed by atoms with Crippen molar-refractivity contribution in [3.05, 3.63) is 156 Å². The van der Waals surface area contributed by atoms with Crippen LogP contribution in [0.5, 0.6) is 0 Å². The number of aromatic nitrogens is 4. The summed E-state index contributed by atoms with van der Waals surface area (Å²) in [5.41, 5.74) is 9.47. The van der Waals surface area contributed by atoms with Crippen LogP contribution in [0.15, 0.2) is 146 Å². The second-order valence-corrected chi connectivity index (χ2v) is 15.8. The third-order valence-electron chi connectivity index (χ3n) is 10.5. The maximum Gasteiger partial charge on any atom is 0.164 e. The Bertz CT molecular complexity index is 2900. The van der Waals surface area contributed by atoms with E-state index in [-0.39, 0.29) is 0 Å². The van der Waals surface area contributed by atoms with E-state index < -0.39 is 0 Å². The molecule has 0 spiro atoms. The molecule has 1 unspecified atom stereocenters. The second kappa shape index (κ2) is 11.5. The highest BCUT2D eigenvalue weighted by Gasteiger charge is 2.31. The maximum atomic E-state index is 5.17. The zero-order chi connectivity index (χ0) is 34.3. The smallest absolute Gasteiger partial charge is 0.164 e. The van der Waals surface area contributed by atoms with Crippen molar-refractivity contribution >= 4 is 64.7 Å². The zero-order valence-corrected chi connectivity index (χ0v) is 29.9. The molecule has 4 nitrogen and oxygen atoms in total. The minimum atomic E-state index is 0.389. The van der Waals surface area contributed by atoms with Crippen LogP contribution in [0.25, 0.3) is 92.3 Å². The van der Waals surface area contributed by atoms with Crippen molar-refractivity contribution in [2.75, 3.05) is 0 Å². The zero-order valence-electron chi connectivity index (χ0n) is 28.2. The quantitative estimate of drug-likeness (QED) is 0.183. The number of thiophene rings is 2. The lowest BCUT2D eigenvalue weighted by Crippen LogP contribution is -2.04. The highest BCUT2D eigenvalue weighted by Crippen LogP contribution is 2.55. The summed E-state index contributed by atoms with van der Waals surface area (Å²) >= 11 is 3.85. The van der Waals surface area contributed by atoms with Crippen molar-refractivity contribution in [3.8, 4) is 50.3 Å². The normalized spacial score (nSPS) is 14.0. The van der Waals surface area contributed by atoms with E-state index in [2.05, 4.69) is 121 Å². The Morgan fingerprint density at radius 3 is 1.85 bits per heavy atom. The Hall–Kier alpha value is -5.95. The van der Waals surface area contributed by atoms with E-state index in [1.807, 2.05) is 59.1 Å². The average molecular weight is 703 g/mol.